The van der Waals surface area contributed by atoms with Gasteiger partial charge in [0.15, 0.2) is 5.78 Å². The summed E-state index contributed by atoms with van der Waals surface area (Å²) in [7, 11) is 1.60. The van der Waals surface area contributed by atoms with E-state index in [0.717, 1.165) is 0 Å². The van der Waals surface area contributed by atoms with Crippen LogP contribution in [0, 0.1) is 0 Å². The van der Waals surface area contributed by atoms with Gasteiger partial charge in [-0.2, -0.15) is 0 Å². The van der Waals surface area contributed by atoms with Crippen molar-refractivity contribution in [2.24, 2.45) is 0 Å². The van der Waals surface area contributed by atoms with E-state index in [4.69, 9.17) is 14.2 Å². The van der Waals surface area contributed by atoms with E-state index < -0.39 is 5.97 Å². The number of ether oxygens (including phenoxy) is 3. The van der Waals surface area contributed by atoms with E-state index in [9.17, 15) is 9.59 Å². The van der Waals surface area contributed by atoms with Gasteiger partial charge in [0.25, 0.3) is 0 Å². The zero-order chi connectivity index (χ0) is 16.7. The van der Waals surface area contributed by atoms with Crippen LogP contribution in [0.4, 0.5) is 0 Å². The van der Waals surface area contributed by atoms with E-state index in [0.29, 0.717) is 35.8 Å². The standard InChI is InChI=1S/C18H18O5/c1-13(19)14-3-9-17(10-4-14)23-18(20)15-5-7-16(8-6-15)22-12-11-21-2/h3-10H,11-12H2,1-2H3. The number of rotatable bonds is 7. The molecule has 2 aromatic carbocycles. The maximum atomic E-state index is 12.1. The zero-order valence-electron chi connectivity index (χ0n) is 13.1. The first-order valence-electron chi connectivity index (χ1n) is 7.15. The van der Waals surface area contributed by atoms with Gasteiger partial charge in [-0.1, -0.05) is 0 Å². The Bertz CT molecular complexity index is 659. The summed E-state index contributed by atoms with van der Waals surface area (Å²) in [5.74, 6) is 0.542. The lowest BCUT2D eigenvalue weighted by Gasteiger charge is -2.07. The van der Waals surface area contributed by atoms with Gasteiger partial charge in [-0.15, -0.1) is 0 Å². The summed E-state index contributed by atoms with van der Waals surface area (Å²) in [5.41, 5.74) is 0.988. The smallest absolute Gasteiger partial charge is 0.343 e. The summed E-state index contributed by atoms with van der Waals surface area (Å²) >= 11 is 0. The van der Waals surface area contributed by atoms with Gasteiger partial charge in [-0.25, -0.2) is 4.79 Å². The molecule has 0 bridgehead atoms. The Morgan fingerprint density at radius 1 is 0.826 bits per heavy atom. The van der Waals surface area contributed by atoms with Gasteiger partial charge in [0.2, 0.25) is 0 Å². The van der Waals surface area contributed by atoms with Crippen molar-refractivity contribution in [3.05, 3.63) is 59.7 Å². The SMILES string of the molecule is COCCOc1ccc(C(=O)Oc2ccc(C(C)=O)cc2)cc1. The summed E-state index contributed by atoms with van der Waals surface area (Å²) in [4.78, 5) is 23.3. The van der Waals surface area contributed by atoms with Crippen LogP contribution in [0.1, 0.15) is 27.6 Å². The molecule has 120 valence electrons. The maximum absolute atomic E-state index is 12.1. The molecule has 0 N–H and O–H groups in total. The van der Waals surface area contributed by atoms with Crippen molar-refractivity contribution in [2.45, 2.75) is 6.92 Å². The average molecular weight is 314 g/mol. The lowest BCUT2D eigenvalue weighted by Crippen LogP contribution is -2.09. The molecule has 0 aromatic heterocycles. The van der Waals surface area contributed by atoms with Gasteiger partial charge in [-0.05, 0) is 55.5 Å². The lowest BCUT2D eigenvalue weighted by atomic mass is 10.1. The van der Waals surface area contributed by atoms with Crippen molar-refractivity contribution in [1.29, 1.82) is 0 Å². The van der Waals surface area contributed by atoms with Crippen LogP contribution >= 0.6 is 0 Å². The van der Waals surface area contributed by atoms with Gasteiger partial charge >= 0.3 is 5.97 Å². The first-order chi connectivity index (χ1) is 11.1. The molecule has 0 saturated heterocycles. The second-order valence-electron chi connectivity index (χ2n) is 4.84. The summed E-state index contributed by atoms with van der Waals surface area (Å²) in [6.07, 6.45) is 0. The summed E-state index contributed by atoms with van der Waals surface area (Å²) in [6.45, 7) is 2.43. The molecule has 2 aromatic rings. The van der Waals surface area contributed by atoms with E-state index in [-0.39, 0.29) is 5.78 Å². The van der Waals surface area contributed by atoms with Crippen LogP contribution in [-0.4, -0.2) is 32.1 Å². The number of carbonyl (C=O) groups is 2. The van der Waals surface area contributed by atoms with Crippen molar-refractivity contribution in [3.63, 3.8) is 0 Å². The largest absolute Gasteiger partial charge is 0.491 e. The molecule has 23 heavy (non-hydrogen) atoms. The fraction of sp³-hybridized carbons (Fsp3) is 0.222. The Hall–Kier alpha value is -2.66. The Balaban J connectivity index is 1.96. The molecule has 2 rings (SSSR count). The Labute approximate surface area is 134 Å². The van der Waals surface area contributed by atoms with Crippen LogP contribution in [0.2, 0.25) is 0 Å². The average Bonchev–Trinajstić information content (AvgIpc) is 2.56. The third kappa shape index (κ3) is 4.93. The van der Waals surface area contributed by atoms with Crippen molar-refractivity contribution in [2.75, 3.05) is 20.3 Å². The second kappa shape index (κ2) is 8.10. The van der Waals surface area contributed by atoms with E-state index in [1.54, 1.807) is 55.6 Å². The van der Waals surface area contributed by atoms with E-state index in [2.05, 4.69) is 0 Å². The van der Waals surface area contributed by atoms with Gasteiger partial charge < -0.3 is 14.2 Å². The molecule has 0 spiro atoms. The van der Waals surface area contributed by atoms with Gasteiger partial charge in [0.05, 0.1) is 12.2 Å². The van der Waals surface area contributed by atoms with Crippen molar-refractivity contribution < 1.29 is 23.8 Å². The second-order valence-corrected chi connectivity index (χ2v) is 4.84. The highest BCUT2D eigenvalue weighted by Crippen LogP contribution is 2.17. The number of hydrogen-bond acceptors (Lipinski definition) is 5. The highest BCUT2D eigenvalue weighted by Gasteiger charge is 2.09. The highest BCUT2D eigenvalue weighted by molar-refractivity contribution is 5.94. The quantitative estimate of drug-likeness (QED) is 0.340. The van der Waals surface area contributed by atoms with Gasteiger partial charge in [-0.3, -0.25) is 4.79 Å². The van der Waals surface area contributed by atoms with Gasteiger partial charge in [0.1, 0.15) is 18.1 Å². The van der Waals surface area contributed by atoms with Crippen LogP contribution in [0.5, 0.6) is 11.5 Å². The van der Waals surface area contributed by atoms with Crippen molar-refractivity contribution in [3.8, 4) is 11.5 Å². The fourth-order valence-electron chi connectivity index (χ4n) is 1.85. The molecule has 0 fully saturated rings. The number of hydrogen-bond donors (Lipinski definition) is 0. The summed E-state index contributed by atoms with van der Waals surface area (Å²) < 4.78 is 15.6. The van der Waals surface area contributed by atoms with Gasteiger partial charge in [0, 0.05) is 12.7 Å². The number of esters is 1. The Morgan fingerprint density at radius 2 is 1.39 bits per heavy atom. The number of benzene rings is 2. The predicted molar refractivity (Wildman–Crippen MR) is 85.2 cm³/mol. The topological polar surface area (TPSA) is 61.8 Å². The highest BCUT2D eigenvalue weighted by atomic mass is 16.5. The monoisotopic (exact) mass is 314 g/mol. The lowest BCUT2D eigenvalue weighted by molar-refractivity contribution is 0.0734. The molecule has 0 aliphatic rings. The minimum absolute atomic E-state index is 0.0352. The number of Topliss-reactive ketones (excluding diaryl/α,β-unsaturated/α-hetero) is 1. The third-order valence-corrected chi connectivity index (χ3v) is 3.12. The van der Waals surface area contributed by atoms with Crippen molar-refractivity contribution >= 4 is 11.8 Å². The molecule has 0 aliphatic heterocycles. The zero-order valence-corrected chi connectivity index (χ0v) is 13.1. The molecule has 0 aliphatic carbocycles. The molecule has 0 radical (unpaired) electrons. The summed E-state index contributed by atoms with van der Waals surface area (Å²) in [6, 6.07) is 13.1. The minimum Gasteiger partial charge on any atom is -0.491 e. The summed E-state index contributed by atoms with van der Waals surface area (Å²) in [5, 5.41) is 0. The van der Waals surface area contributed by atoms with E-state index in [1.165, 1.54) is 6.92 Å². The molecule has 0 heterocycles. The predicted octanol–water partition coefficient (Wildman–Crippen LogP) is 3.13. The van der Waals surface area contributed by atoms with Crippen LogP contribution in [0.3, 0.4) is 0 Å². The van der Waals surface area contributed by atoms with E-state index in [1.807, 2.05) is 0 Å². The molecular weight excluding hydrogens is 296 g/mol. The molecular formula is C18H18O5. The fourth-order valence-corrected chi connectivity index (χ4v) is 1.85. The molecule has 0 amide bonds. The number of methoxy groups -OCH3 is 1. The van der Waals surface area contributed by atoms with Crippen molar-refractivity contribution in [1.82, 2.24) is 0 Å². The Kier molecular flexibility index (Phi) is 5.88. The first kappa shape index (κ1) is 16.7. The normalized spacial score (nSPS) is 10.2. The minimum atomic E-state index is -0.469. The molecule has 5 nitrogen and oxygen atoms in total. The van der Waals surface area contributed by atoms with Crippen LogP contribution in [-0.2, 0) is 4.74 Å². The molecule has 5 heteroatoms. The van der Waals surface area contributed by atoms with E-state index >= 15 is 0 Å². The maximum Gasteiger partial charge on any atom is 0.343 e. The number of carbonyl (C=O) groups excluding carboxylic acids is 2. The number of ketones is 1. The Morgan fingerprint density at radius 3 is 1.96 bits per heavy atom. The molecule has 0 atom stereocenters. The third-order valence-electron chi connectivity index (χ3n) is 3.12. The van der Waals surface area contributed by atoms with Crippen LogP contribution in [0.25, 0.3) is 0 Å². The first-order valence-corrected chi connectivity index (χ1v) is 7.15. The molecule has 0 unspecified atom stereocenters. The van der Waals surface area contributed by atoms with Crippen LogP contribution in [0.15, 0.2) is 48.5 Å². The molecule has 0 saturated carbocycles. The van der Waals surface area contributed by atoms with Crippen LogP contribution < -0.4 is 9.47 Å².